The van der Waals surface area contributed by atoms with Crippen LogP contribution in [0.3, 0.4) is 0 Å². The third kappa shape index (κ3) is 1.99. The molecule has 0 bridgehead atoms. The van der Waals surface area contributed by atoms with Gasteiger partial charge in [-0.15, -0.1) is 0 Å². The van der Waals surface area contributed by atoms with Gasteiger partial charge in [0.15, 0.2) is 6.20 Å². The lowest BCUT2D eigenvalue weighted by atomic mass is 10.0. The van der Waals surface area contributed by atoms with Gasteiger partial charge in [-0.2, -0.15) is 0 Å². The maximum Gasteiger partial charge on any atom is 0.216 e. The number of hydrogen-bond acceptors (Lipinski definition) is 2. The highest BCUT2D eigenvalue weighted by molar-refractivity contribution is 6.16. The van der Waals surface area contributed by atoms with E-state index in [1.54, 1.807) is 0 Å². The van der Waals surface area contributed by atoms with Gasteiger partial charge in [0.2, 0.25) is 5.69 Å². The number of pyridine rings is 2. The predicted octanol–water partition coefficient (Wildman–Crippen LogP) is 4.93. The van der Waals surface area contributed by atoms with Crippen LogP contribution in [0.5, 0.6) is 0 Å². The van der Waals surface area contributed by atoms with Crippen LogP contribution in [0.15, 0.2) is 71.4 Å². The van der Waals surface area contributed by atoms with Gasteiger partial charge >= 0.3 is 0 Å². The van der Waals surface area contributed by atoms with Crippen molar-refractivity contribution in [1.29, 1.82) is 0 Å². The summed E-state index contributed by atoms with van der Waals surface area (Å²) in [5.41, 5.74) is 6.30. The summed E-state index contributed by atoms with van der Waals surface area (Å²) in [6.45, 7) is 2.13. The van der Waals surface area contributed by atoms with E-state index >= 15 is 0 Å². The molecule has 120 valence electrons. The molecule has 0 aliphatic carbocycles. The molecule has 0 radical (unpaired) electrons. The van der Waals surface area contributed by atoms with E-state index in [1.807, 2.05) is 18.3 Å². The molecule has 0 aliphatic heterocycles. The molecule has 5 aromatic rings. The second-order valence-corrected chi connectivity index (χ2v) is 6.45. The molecule has 25 heavy (non-hydrogen) atoms. The summed E-state index contributed by atoms with van der Waals surface area (Å²) in [4.78, 5) is 4.45. The SMILES string of the molecule is Cc1ccc2c(oc3c4cccnc4ccc23)c1-c1cccc[n+]1C. The molecule has 0 spiro atoms. The Hall–Kier alpha value is -3.20. The van der Waals surface area contributed by atoms with Gasteiger partial charge in [0.25, 0.3) is 0 Å². The molecule has 0 aliphatic rings. The second-order valence-electron chi connectivity index (χ2n) is 6.45. The Bertz CT molecular complexity index is 1270. The lowest BCUT2D eigenvalue weighted by Crippen LogP contribution is -2.30. The van der Waals surface area contributed by atoms with Crippen molar-refractivity contribution >= 4 is 32.8 Å². The van der Waals surface area contributed by atoms with E-state index in [-0.39, 0.29) is 0 Å². The molecule has 0 unspecified atom stereocenters. The maximum absolute atomic E-state index is 6.43. The molecule has 0 saturated carbocycles. The number of benzene rings is 2. The van der Waals surface area contributed by atoms with Crippen LogP contribution in [0.2, 0.25) is 0 Å². The number of fused-ring (bicyclic) bond motifs is 5. The van der Waals surface area contributed by atoms with Crippen molar-refractivity contribution in [2.45, 2.75) is 6.92 Å². The van der Waals surface area contributed by atoms with Crippen LogP contribution in [-0.4, -0.2) is 4.98 Å². The first kappa shape index (κ1) is 14.2. The highest BCUT2D eigenvalue weighted by Gasteiger charge is 2.20. The van der Waals surface area contributed by atoms with Crippen LogP contribution in [0.1, 0.15) is 5.56 Å². The zero-order chi connectivity index (χ0) is 17.0. The Morgan fingerprint density at radius 2 is 1.68 bits per heavy atom. The van der Waals surface area contributed by atoms with Gasteiger partial charge in [-0.05, 0) is 42.8 Å². The normalized spacial score (nSPS) is 11.6. The van der Waals surface area contributed by atoms with Crippen molar-refractivity contribution in [3.8, 4) is 11.3 Å². The lowest BCUT2D eigenvalue weighted by Gasteiger charge is -2.04. The monoisotopic (exact) mass is 325 g/mol. The number of aryl methyl sites for hydroxylation is 2. The van der Waals surface area contributed by atoms with Gasteiger partial charge < -0.3 is 4.42 Å². The Balaban J connectivity index is 1.98. The number of furan rings is 1. The van der Waals surface area contributed by atoms with E-state index in [0.29, 0.717) is 0 Å². The second kappa shape index (κ2) is 5.15. The fraction of sp³-hybridized carbons (Fsp3) is 0.0909. The lowest BCUT2D eigenvalue weighted by molar-refractivity contribution is -0.660. The summed E-state index contributed by atoms with van der Waals surface area (Å²) >= 11 is 0. The Kier molecular flexibility index (Phi) is 2.92. The zero-order valence-corrected chi connectivity index (χ0v) is 14.2. The van der Waals surface area contributed by atoms with Crippen molar-refractivity contribution in [2.75, 3.05) is 0 Å². The molecule has 0 atom stereocenters. The average molecular weight is 325 g/mol. The van der Waals surface area contributed by atoms with Crippen LogP contribution >= 0.6 is 0 Å². The van der Waals surface area contributed by atoms with E-state index in [1.165, 1.54) is 5.56 Å². The Labute approximate surface area is 145 Å². The molecule has 3 nitrogen and oxygen atoms in total. The summed E-state index contributed by atoms with van der Waals surface area (Å²) in [6.07, 6.45) is 3.88. The summed E-state index contributed by atoms with van der Waals surface area (Å²) < 4.78 is 8.57. The molecular weight excluding hydrogens is 308 g/mol. The molecule has 3 aromatic heterocycles. The van der Waals surface area contributed by atoms with Crippen molar-refractivity contribution in [1.82, 2.24) is 4.98 Å². The molecule has 2 aromatic carbocycles. The minimum atomic E-state index is 0.908. The fourth-order valence-corrected chi connectivity index (χ4v) is 3.65. The number of hydrogen-bond donors (Lipinski definition) is 0. The minimum Gasteiger partial charge on any atom is -0.454 e. The predicted molar refractivity (Wildman–Crippen MR) is 100 cm³/mol. The quantitative estimate of drug-likeness (QED) is 0.409. The van der Waals surface area contributed by atoms with E-state index in [0.717, 1.165) is 44.1 Å². The van der Waals surface area contributed by atoms with Crippen LogP contribution in [0, 0.1) is 6.92 Å². The zero-order valence-electron chi connectivity index (χ0n) is 14.2. The molecular formula is C22H17N2O+. The van der Waals surface area contributed by atoms with E-state index < -0.39 is 0 Å². The minimum absolute atomic E-state index is 0.908. The topological polar surface area (TPSA) is 29.9 Å². The third-order valence-electron chi connectivity index (χ3n) is 4.91. The first-order valence-electron chi connectivity index (χ1n) is 8.38. The first-order valence-corrected chi connectivity index (χ1v) is 8.38. The van der Waals surface area contributed by atoms with E-state index in [4.69, 9.17) is 4.42 Å². The highest BCUT2D eigenvalue weighted by Crippen LogP contribution is 2.38. The molecule has 0 amide bonds. The van der Waals surface area contributed by atoms with Crippen molar-refractivity contribution in [2.24, 2.45) is 7.05 Å². The molecule has 0 saturated heterocycles. The van der Waals surface area contributed by atoms with Crippen LogP contribution < -0.4 is 4.57 Å². The van der Waals surface area contributed by atoms with Gasteiger partial charge in [0.05, 0.1) is 11.1 Å². The Morgan fingerprint density at radius 1 is 0.840 bits per heavy atom. The first-order chi connectivity index (χ1) is 12.2. The van der Waals surface area contributed by atoms with Gasteiger partial charge in [0.1, 0.15) is 18.2 Å². The molecule has 5 rings (SSSR count). The molecule has 3 heterocycles. The largest absolute Gasteiger partial charge is 0.454 e. The van der Waals surface area contributed by atoms with Crippen LogP contribution in [-0.2, 0) is 7.05 Å². The highest BCUT2D eigenvalue weighted by atomic mass is 16.3. The fourth-order valence-electron chi connectivity index (χ4n) is 3.65. The molecule has 3 heteroatoms. The van der Waals surface area contributed by atoms with Crippen LogP contribution in [0.25, 0.3) is 44.1 Å². The summed E-state index contributed by atoms with van der Waals surface area (Å²) in [6, 6.07) is 18.8. The van der Waals surface area contributed by atoms with E-state index in [9.17, 15) is 0 Å². The smallest absolute Gasteiger partial charge is 0.216 e. The third-order valence-corrected chi connectivity index (χ3v) is 4.91. The van der Waals surface area contributed by atoms with E-state index in [2.05, 4.69) is 72.2 Å². The standard InChI is InChI=1S/C22H17N2O/c1-14-8-9-16-15-10-11-18-17(6-5-12-23-18)21(15)25-22(16)20(14)19-7-3-4-13-24(19)2/h3-13H,1-2H3/q+1. The van der Waals surface area contributed by atoms with Gasteiger partial charge in [-0.3, -0.25) is 4.98 Å². The number of nitrogens with zero attached hydrogens (tertiary/aromatic N) is 2. The molecule has 0 N–H and O–H groups in total. The van der Waals surface area contributed by atoms with Crippen molar-refractivity contribution in [3.05, 3.63) is 72.6 Å². The summed E-state index contributed by atoms with van der Waals surface area (Å²) in [5, 5.41) is 3.33. The number of aromatic nitrogens is 2. The van der Waals surface area contributed by atoms with Crippen molar-refractivity contribution < 1.29 is 8.98 Å². The van der Waals surface area contributed by atoms with Crippen molar-refractivity contribution in [3.63, 3.8) is 0 Å². The molecule has 0 fully saturated rings. The van der Waals surface area contributed by atoms with Gasteiger partial charge in [-0.25, -0.2) is 4.57 Å². The van der Waals surface area contributed by atoms with Crippen LogP contribution in [0.4, 0.5) is 0 Å². The maximum atomic E-state index is 6.43. The summed E-state index contributed by atoms with van der Waals surface area (Å²) in [7, 11) is 2.07. The Morgan fingerprint density at radius 3 is 2.56 bits per heavy atom. The summed E-state index contributed by atoms with van der Waals surface area (Å²) in [5.74, 6) is 0. The van der Waals surface area contributed by atoms with Gasteiger partial charge in [-0.1, -0.05) is 12.1 Å². The number of rotatable bonds is 1. The average Bonchev–Trinajstić information content (AvgIpc) is 3.01. The van der Waals surface area contributed by atoms with Gasteiger partial charge in [0, 0.05) is 34.5 Å².